The minimum absolute atomic E-state index is 0.0106. The van der Waals surface area contributed by atoms with Crippen LogP contribution >= 0.6 is 0 Å². The Bertz CT molecular complexity index is 416. The van der Waals surface area contributed by atoms with E-state index in [0.717, 1.165) is 0 Å². The molecule has 0 spiro atoms. The van der Waals surface area contributed by atoms with Gasteiger partial charge in [-0.1, -0.05) is 12.1 Å². The van der Waals surface area contributed by atoms with Crippen molar-refractivity contribution in [3.05, 3.63) is 39.4 Å². The Morgan fingerprint density at radius 3 is 2.81 bits per heavy atom. The van der Waals surface area contributed by atoms with Crippen LogP contribution in [0.1, 0.15) is 11.1 Å². The van der Waals surface area contributed by atoms with Gasteiger partial charge in [-0.15, -0.1) is 0 Å². The summed E-state index contributed by atoms with van der Waals surface area (Å²) in [5.74, 6) is -1.07. The van der Waals surface area contributed by atoms with Crippen LogP contribution < -0.4 is 0 Å². The van der Waals surface area contributed by atoms with Crippen molar-refractivity contribution < 1.29 is 19.6 Å². The lowest BCUT2D eigenvalue weighted by Gasteiger charge is -2.05. The molecule has 1 rings (SSSR count). The number of nitro groups is 1. The second-order valence-corrected chi connectivity index (χ2v) is 3.20. The lowest BCUT2D eigenvalue weighted by atomic mass is 10.1. The maximum atomic E-state index is 10.6. The third-order valence-corrected chi connectivity index (χ3v) is 2.10. The third kappa shape index (κ3) is 3.03. The molecule has 0 saturated carbocycles. The van der Waals surface area contributed by atoms with Crippen LogP contribution in [0, 0.1) is 17.0 Å². The molecule has 16 heavy (non-hydrogen) atoms. The van der Waals surface area contributed by atoms with Crippen molar-refractivity contribution in [2.45, 2.75) is 13.5 Å². The van der Waals surface area contributed by atoms with Crippen LogP contribution in [-0.2, 0) is 16.1 Å². The highest BCUT2D eigenvalue weighted by Gasteiger charge is 2.13. The molecule has 1 aromatic carbocycles. The van der Waals surface area contributed by atoms with Gasteiger partial charge in [0.25, 0.3) is 5.69 Å². The first-order valence-electron chi connectivity index (χ1n) is 4.54. The second-order valence-electron chi connectivity index (χ2n) is 3.20. The number of hydrogen-bond acceptors (Lipinski definition) is 4. The van der Waals surface area contributed by atoms with Crippen molar-refractivity contribution in [1.82, 2.24) is 0 Å². The summed E-state index contributed by atoms with van der Waals surface area (Å²) < 4.78 is 4.87. The zero-order chi connectivity index (χ0) is 12.1. The number of carboxylic acids is 1. The molecule has 0 radical (unpaired) electrons. The van der Waals surface area contributed by atoms with Gasteiger partial charge in [-0.25, -0.2) is 4.79 Å². The van der Waals surface area contributed by atoms with Gasteiger partial charge in [0.05, 0.1) is 11.5 Å². The van der Waals surface area contributed by atoms with E-state index in [0.29, 0.717) is 11.1 Å². The van der Waals surface area contributed by atoms with Gasteiger partial charge >= 0.3 is 5.97 Å². The lowest BCUT2D eigenvalue weighted by molar-refractivity contribution is -0.385. The van der Waals surface area contributed by atoms with Crippen molar-refractivity contribution in [2.75, 3.05) is 6.61 Å². The molecule has 1 N–H and O–H groups in total. The van der Waals surface area contributed by atoms with Crippen molar-refractivity contribution in [2.24, 2.45) is 0 Å². The summed E-state index contributed by atoms with van der Waals surface area (Å²) in [6.07, 6.45) is 0. The normalized spacial score (nSPS) is 10.1. The van der Waals surface area contributed by atoms with E-state index in [-0.39, 0.29) is 12.3 Å². The predicted octanol–water partition coefficient (Wildman–Crippen LogP) is 1.50. The highest BCUT2D eigenvalue weighted by atomic mass is 16.6. The number of carbonyl (C=O) groups is 1. The zero-order valence-corrected chi connectivity index (χ0v) is 8.67. The maximum Gasteiger partial charge on any atom is 0.329 e. The number of nitro benzene ring substituents is 1. The van der Waals surface area contributed by atoms with Gasteiger partial charge in [-0.05, 0) is 12.5 Å². The summed E-state index contributed by atoms with van der Waals surface area (Å²) in [5, 5.41) is 19.0. The molecule has 0 saturated heterocycles. The SMILES string of the molecule is Cc1c(COCC(=O)O)cccc1[N+](=O)[O-]. The van der Waals surface area contributed by atoms with Crippen molar-refractivity contribution in [3.8, 4) is 0 Å². The first-order valence-corrected chi connectivity index (χ1v) is 4.54. The first-order chi connectivity index (χ1) is 7.52. The second kappa shape index (κ2) is 5.22. The van der Waals surface area contributed by atoms with E-state index in [9.17, 15) is 14.9 Å². The summed E-state index contributed by atoms with van der Waals surface area (Å²) in [6.45, 7) is 1.25. The van der Waals surface area contributed by atoms with Crippen LogP contribution in [0.3, 0.4) is 0 Å². The number of nitrogens with zero attached hydrogens (tertiary/aromatic N) is 1. The predicted molar refractivity (Wildman–Crippen MR) is 55.1 cm³/mol. The van der Waals surface area contributed by atoms with Crippen LogP contribution in [0.15, 0.2) is 18.2 Å². The Morgan fingerprint density at radius 1 is 1.56 bits per heavy atom. The molecule has 1 aromatic rings. The van der Waals surface area contributed by atoms with Gasteiger partial charge in [0.2, 0.25) is 0 Å². The van der Waals surface area contributed by atoms with Crippen molar-refractivity contribution in [3.63, 3.8) is 0 Å². The van der Waals surface area contributed by atoms with Gasteiger partial charge in [0.15, 0.2) is 0 Å². The summed E-state index contributed by atoms with van der Waals surface area (Å²) >= 11 is 0. The lowest BCUT2D eigenvalue weighted by Crippen LogP contribution is -2.07. The molecule has 86 valence electrons. The van der Waals surface area contributed by atoms with E-state index in [4.69, 9.17) is 9.84 Å². The first kappa shape index (κ1) is 12.1. The van der Waals surface area contributed by atoms with Crippen LogP contribution in [0.4, 0.5) is 5.69 Å². The number of ether oxygens (including phenoxy) is 1. The molecule has 0 aliphatic rings. The van der Waals surface area contributed by atoms with E-state index < -0.39 is 17.5 Å². The standard InChI is InChI=1S/C10H11NO5/c1-7-8(5-16-6-10(12)13)3-2-4-9(7)11(14)15/h2-4H,5-6H2,1H3,(H,12,13). The molecule has 0 aromatic heterocycles. The van der Waals surface area contributed by atoms with E-state index in [1.807, 2.05) is 0 Å². The van der Waals surface area contributed by atoms with Gasteiger partial charge in [-0.2, -0.15) is 0 Å². The number of carboxylic acid groups (broad SMARTS) is 1. The van der Waals surface area contributed by atoms with Crippen LogP contribution in [0.5, 0.6) is 0 Å². The van der Waals surface area contributed by atoms with Crippen LogP contribution in [0.2, 0.25) is 0 Å². The van der Waals surface area contributed by atoms with Gasteiger partial charge in [0, 0.05) is 11.6 Å². The fourth-order valence-electron chi connectivity index (χ4n) is 1.27. The molecule has 0 bridgehead atoms. The summed E-state index contributed by atoms with van der Waals surface area (Å²) in [6, 6.07) is 4.62. The number of hydrogen-bond donors (Lipinski definition) is 1. The summed E-state index contributed by atoms with van der Waals surface area (Å²) in [7, 11) is 0. The molecular formula is C10H11NO5. The van der Waals surface area contributed by atoms with E-state index in [1.54, 1.807) is 19.1 Å². The van der Waals surface area contributed by atoms with E-state index in [2.05, 4.69) is 0 Å². The minimum Gasteiger partial charge on any atom is -0.480 e. The third-order valence-electron chi connectivity index (χ3n) is 2.10. The summed E-state index contributed by atoms with van der Waals surface area (Å²) in [5.41, 5.74) is 1.13. The van der Waals surface area contributed by atoms with Crippen LogP contribution in [0.25, 0.3) is 0 Å². The van der Waals surface area contributed by atoms with Gasteiger partial charge in [0.1, 0.15) is 6.61 Å². The quantitative estimate of drug-likeness (QED) is 0.605. The van der Waals surface area contributed by atoms with Crippen LogP contribution in [-0.4, -0.2) is 22.6 Å². The van der Waals surface area contributed by atoms with Gasteiger partial charge in [-0.3, -0.25) is 10.1 Å². The number of aliphatic carboxylic acids is 1. The zero-order valence-electron chi connectivity index (χ0n) is 8.67. The molecule has 0 aliphatic heterocycles. The average Bonchev–Trinajstić information content (AvgIpc) is 2.19. The smallest absolute Gasteiger partial charge is 0.329 e. The Morgan fingerprint density at radius 2 is 2.25 bits per heavy atom. The molecule has 0 unspecified atom stereocenters. The summed E-state index contributed by atoms with van der Waals surface area (Å²) in [4.78, 5) is 20.4. The molecule has 0 fully saturated rings. The molecule has 0 aliphatic carbocycles. The van der Waals surface area contributed by atoms with Gasteiger partial charge < -0.3 is 9.84 Å². The topological polar surface area (TPSA) is 89.7 Å². The average molecular weight is 225 g/mol. The minimum atomic E-state index is -1.07. The fourth-order valence-corrected chi connectivity index (χ4v) is 1.27. The molecule has 0 amide bonds. The van der Waals surface area contributed by atoms with Crippen molar-refractivity contribution >= 4 is 11.7 Å². The molecular weight excluding hydrogens is 214 g/mol. The number of benzene rings is 1. The van der Waals surface area contributed by atoms with E-state index in [1.165, 1.54) is 6.07 Å². The molecule has 0 atom stereocenters. The maximum absolute atomic E-state index is 10.6. The van der Waals surface area contributed by atoms with E-state index >= 15 is 0 Å². The Hall–Kier alpha value is -1.95. The molecule has 0 heterocycles. The highest BCUT2D eigenvalue weighted by Crippen LogP contribution is 2.21. The largest absolute Gasteiger partial charge is 0.480 e. The Kier molecular flexibility index (Phi) is 3.96. The molecule has 6 heteroatoms. The highest BCUT2D eigenvalue weighted by molar-refractivity contribution is 5.68. The monoisotopic (exact) mass is 225 g/mol. The van der Waals surface area contributed by atoms with Crippen molar-refractivity contribution in [1.29, 1.82) is 0 Å². The Labute approximate surface area is 91.6 Å². The fraction of sp³-hybridized carbons (Fsp3) is 0.300. The molecule has 6 nitrogen and oxygen atoms in total. The number of rotatable bonds is 5. The Balaban J connectivity index is 2.77.